The Morgan fingerprint density at radius 2 is 1.59 bits per heavy atom. The second-order valence-corrected chi connectivity index (χ2v) is 6.19. The highest BCUT2D eigenvalue weighted by Crippen LogP contribution is 2.28. The molecule has 0 radical (unpaired) electrons. The van der Waals surface area contributed by atoms with Crippen LogP contribution in [0.3, 0.4) is 0 Å². The molecule has 0 saturated heterocycles. The van der Waals surface area contributed by atoms with Crippen molar-refractivity contribution in [2.75, 3.05) is 28.3 Å². The zero-order chi connectivity index (χ0) is 20.0. The number of hydrogen-bond acceptors (Lipinski definition) is 4. The highest BCUT2D eigenvalue weighted by Gasteiger charge is 2.16. The van der Waals surface area contributed by atoms with E-state index in [9.17, 15) is 9.59 Å². The summed E-state index contributed by atoms with van der Waals surface area (Å²) in [7, 11) is 6.35. The molecule has 2 aromatic rings. The van der Waals surface area contributed by atoms with Gasteiger partial charge in [0.2, 0.25) is 0 Å². The Balaban J connectivity index is 2.36. The van der Waals surface area contributed by atoms with Gasteiger partial charge in [-0.25, -0.2) is 0 Å². The molecule has 0 aromatic heterocycles. The first-order valence-electron chi connectivity index (χ1n) is 8.39. The average Bonchev–Trinajstić information content (AvgIpc) is 2.67. The van der Waals surface area contributed by atoms with Crippen molar-refractivity contribution in [3.8, 4) is 11.5 Å². The fraction of sp³-hybridized carbons (Fsp3) is 0.238. The zero-order valence-electron chi connectivity index (χ0n) is 16.2. The number of carbonyl (C=O) groups is 2. The largest absolute Gasteiger partial charge is 0.493 e. The van der Waals surface area contributed by atoms with Crippen LogP contribution in [-0.2, 0) is 4.79 Å². The predicted molar refractivity (Wildman–Crippen MR) is 105 cm³/mol. The number of amides is 2. The van der Waals surface area contributed by atoms with Crippen molar-refractivity contribution in [2.24, 2.45) is 0 Å². The van der Waals surface area contributed by atoms with Crippen molar-refractivity contribution in [2.45, 2.75) is 6.92 Å². The summed E-state index contributed by atoms with van der Waals surface area (Å²) in [4.78, 5) is 26.5. The third-order valence-electron chi connectivity index (χ3n) is 3.92. The van der Waals surface area contributed by atoms with Gasteiger partial charge in [0.25, 0.3) is 11.8 Å². The van der Waals surface area contributed by atoms with E-state index in [0.29, 0.717) is 22.6 Å². The molecule has 0 bridgehead atoms. The standard InChI is InChI=1S/C21H24N2O4/c1-14-6-9-16(10-7-14)20(24)22-17(21(25)23(2)3)12-15-8-11-18(26-4)19(13-15)27-5/h6-13H,1-5H3,(H,22,24)/b17-12-. The molecule has 0 aliphatic carbocycles. The number of aryl methyl sites for hydroxylation is 1. The summed E-state index contributed by atoms with van der Waals surface area (Å²) in [6.45, 7) is 1.94. The molecule has 6 heteroatoms. The maximum atomic E-state index is 12.5. The Morgan fingerprint density at radius 3 is 2.15 bits per heavy atom. The third kappa shape index (κ3) is 5.10. The topological polar surface area (TPSA) is 67.9 Å². The summed E-state index contributed by atoms with van der Waals surface area (Å²) in [5.74, 6) is 0.453. The monoisotopic (exact) mass is 368 g/mol. The van der Waals surface area contributed by atoms with Crippen LogP contribution in [0.15, 0.2) is 48.2 Å². The van der Waals surface area contributed by atoms with Gasteiger partial charge >= 0.3 is 0 Å². The lowest BCUT2D eigenvalue weighted by molar-refractivity contribution is -0.124. The summed E-state index contributed by atoms with van der Waals surface area (Å²) < 4.78 is 10.5. The minimum Gasteiger partial charge on any atom is -0.493 e. The van der Waals surface area contributed by atoms with Crippen LogP contribution in [0.25, 0.3) is 6.08 Å². The van der Waals surface area contributed by atoms with Crippen molar-refractivity contribution >= 4 is 17.9 Å². The highest BCUT2D eigenvalue weighted by atomic mass is 16.5. The molecule has 1 N–H and O–H groups in total. The first kappa shape index (κ1) is 20.0. The summed E-state index contributed by atoms with van der Waals surface area (Å²) in [5.41, 5.74) is 2.39. The molecule has 0 atom stereocenters. The summed E-state index contributed by atoms with van der Waals surface area (Å²) in [5, 5.41) is 2.71. The van der Waals surface area contributed by atoms with Crippen LogP contribution in [0.2, 0.25) is 0 Å². The molecule has 0 aliphatic heterocycles. The van der Waals surface area contributed by atoms with Crippen molar-refractivity contribution in [3.05, 3.63) is 64.9 Å². The van der Waals surface area contributed by atoms with Gasteiger partial charge in [-0.05, 0) is 42.8 Å². The second-order valence-electron chi connectivity index (χ2n) is 6.19. The molecular formula is C21H24N2O4. The number of carbonyl (C=O) groups excluding carboxylic acids is 2. The van der Waals surface area contributed by atoms with E-state index in [1.54, 1.807) is 57.6 Å². The summed E-state index contributed by atoms with van der Waals surface area (Å²) >= 11 is 0. The van der Waals surface area contributed by atoms with E-state index in [0.717, 1.165) is 5.56 Å². The SMILES string of the molecule is COc1ccc(/C=C(\NC(=O)c2ccc(C)cc2)C(=O)N(C)C)cc1OC. The summed E-state index contributed by atoms with van der Waals surface area (Å²) in [6.07, 6.45) is 1.61. The molecule has 6 nitrogen and oxygen atoms in total. The normalized spacial score (nSPS) is 10.9. The molecule has 0 fully saturated rings. The molecule has 0 spiro atoms. The molecule has 0 aliphatic rings. The van der Waals surface area contributed by atoms with E-state index >= 15 is 0 Å². The fourth-order valence-electron chi connectivity index (χ4n) is 2.40. The lowest BCUT2D eigenvalue weighted by Crippen LogP contribution is -2.34. The Bertz CT molecular complexity index is 855. The third-order valence-corrected chi connectivity index (χ3v) is 3.92. The molecule has 2 rings (SSSR count). The molecule has 0 saturated carbocycles. The van der Waals surface area contributed by atoms with Gasteiger partial charge in [0, 0.05) is 19.7 Å². The fourth-order valence-corrected chi connectivity index (χ4v) is 2.40. The first-order chi connectivity index (χ1) is 12.8. The van der Waals surface area contributed by atoms with Crippen LogP contribution in [0, 0.1) is 6.92 Å². The molecule has 27 heavy (non-hydrogen) atoms. The number of rotatable bonds is 6. The quantitative estimate of drug-likeness (QED) is 0.796. The molecule has 0 unspecified atom stereocenters. The van der Waals surface area contributed by atoms with E-state index in [-0.39, 0.29) is 17.5 Å². The number of methoxy groups -OCH3 is 2. The molecule has 0 heterocycles. The zero-order valence-corrected chi connectivity index (χ0v) is 16.2. The molecule has 142 valence electrons. The smallest absolute Gasteiger partial charge is 0.269 e. The minimum absolute atomic E-state index is 0.165. The summed E-state index contributed by atoms with van der Waals surface area (Å²) in [6, 6.07) is 12.4. The lowest BCUT2D eigenvalue weighted by Gasteiger charge is -2.15. The van der Waals surface area contributed by atoms with Crippen molar-refractivity contribution in [3.63, 3.8) is 0 Å². The van der Waals surface area contributed by atoms with Crippen molar-refractivity contribution in [1.82, 2.24) is 10.2 Å². The Kier molecular flexibility index (Phi) is 6.60. The van der Waals surface area contributed by atoms with Gasteiger partial charge < -0.3 is 19.7 Å². The van der Waals surface area contributed by atoms with E-state index in [2.05, 4.69) is 5.32 Å². The maximum absolute atomic E-state index is 12.5. The van der Waals surface area contributed by atoms with Gasteiger partial charge in [0.15, 0.2) is 11.5 Å². The number of benzene rings is 2. The number of hydrogen-bond donors (Lipinski definition) is 1. The highest BCUT2D eigenvalue weighted by molar-refractivity contribution is 6.05. The molecule has 2 aromatic carbocycles. The first-order valence-corrected chi connectivity index (χ1v) is 8.39. The van der Waals surface area contributed by atoms with Gasteiger partial charge in [0.05, 0.1) is 14.2 Å². The second kappa shape index (κ2) is 8.89. The number of nitrogens with one attached hydrogen (secondary N) is 1. The van der Waals surface area contributed by atoms with E-state index in [1.165, 1.54) is 12.0 Å². The van der Waals surface area contributed by atoms with Gasteiger partial charge in [0.1, 0.15) is 5.70 Å². The van der Waals surface area contributed by atoms with Gasteiger partial charge in [-0.2, -0.15) is 0 Å². The van der Waals surface area contributed by atoms with Gasteiger partial charge in [-0.15, -0.1) is 0 Å². The lowest BCUT2D eigenvalue weighted by atomic mass is 10.1. The van der Waals surface area contributed by atoms with Crippen LogP contribution >= 0.6 is 0 Å². The van der Waals surface area contributed by atoms with Gasteiger partial charge in [-0.1, -0.05) is 23.8 Å². The molecule has 2 amide bonds. The number of ether oxygens (including phenoxy) is 2. The minimum atomic E-state index is -0.350. The van der Waals surface area contributed by atoms with Gasteiger partial charge in [-0.3, -0.25) is 9.59 Å². The van der Waals surface area contributed by atoms with Crippen LogP contribution in [-0.4, -0.2) is 45.0 Å². The Hall–Kier alpha value is -3.28. The van der Waals surface area contributed by atoms with Crippen LogP contribution < -0.4 is 14.8 Å². The molecular weight excluding hydrogens is 344 g/mol. The van der Waals surface area contributed by atoms with Crippen LogP contribution in [0.1, 0.15) is 21.5 Å². The average molecular weight is 368 g/mol. The van der Waals surface area contributed by atoms with Crippen molar-refractivity contribution < 1.29 is 19.1 Å². The maximum Gasteiger partial charge on any atom is 0.269 e. The Labute approximate surface area is 159 Å². The number of likely N-dealkylation sites (N-methyl/N-ethyl adjacent to an activating group) is 1. The predicted octanol–water partition coefficient (Wildman–Crippen LogP) is 2.87. The van der Waals surface area contributed by atoms with Crippen LogP contribution in [0.4, 0.5) is 0 Å². The number of nitrogens with zero attached hydrogens (tertiary/aromatic N) is 1. The Morgan fingerprint density at radius 1 is 0.963 bits per heavy atom. The van der Waals surface area contributed by atoms with E-state index in [1.807, 2.05) is 19.1 Å². The van der Waals surface area contributed by atoms with Crippen molar-refractivity contribution in [1.29, 1.82) is 0 Å². The van der Waals surface area contributed by atoms with E-state index < -0.39 is 0 Å². The van der Waals surface area contributed by atoms with E-state index in [4.69, 9.17) is 9.47 Å². The van der Waals surface area contributed by atoms with Crippen LogP contribution in [0.5, 0.6) is 11.5 Å².